The molecule has 1 atom stereocenters. The van der Waals surface area contributed by atoms with Crippen molar-refractivity contribution in [2.24, 2.45) is 0 Å². The average molecular weight is 322 g/mol. The van der Waals surface area contributed by atoms with Crippen molar-refractivity contribution in [3.8, 4) is 0 Å². The topological polar surface area (TPSA) is 72.5 Å². The van der Waals surface area contributed by atoms with Crippen LogP contribution in [0.25, 0.3) is 0 Å². The Morgan fingerprint density at radius 1 is 1.41 bits per heavy atom. The highest BCUT2D eigenvalue weighted by Crippen LogP contribution is 2.21. The van der Waals surface area contributed by atoms with Gasteiger partial charge in [-0.3, -0.25) is 4.79 Å². The number of carbonyl (C=O) groups excluding carboxylic acids is 1. The number of ether oxygens (including phenoxy) is 1. The summed E-state index contributed by atoms with van der Waals surface area (Å²) in [5.41, 5.74) is 0. The van der Waals surface area contributed by atoms with Crippen molar-refractivity contribution in [2.75, 3.05) is 7.11 Å². The number of benzene rings is 1. The van der Waals surface area contributed by atoms with Crippen LogP contribution < -0.4 is 4.72 Å². The molecule has 17 heavy (non-hydrogen) atoms. The number of hydrogen-bond donors (Lipinski definition) is 1. The van der Waals surface area contributed by atoms with Crippen molar-refractivity contribution >= 4 is 31.9 Å². The van der Waals surface area contributed by atoms with E-state index in [9.17, 15) is 13.2 Å². The molecular formula is C10H12BrNO4S. The number of esters is 1. The zero-order chi connectivity index (χ0) is 13.1. The van der Waals surface area contributed by atoms with E-state index in [0.29, 0.717) is 4.47 Å². The van der Waals surface area contributed by atoms with E-state index in [2.05, 4.69) is 25.4 Å². The summed E-state index contributed by atoms with van der Waals surface area (Å²) in [4.78, 5) is 11.2. The lowest BCUT2D eigenvalue weighted by Gasteiger charge is -2.12. The maximum absolute atomic E-state index is 11.9. The molecule has 5 nitrogen and oxygen atoms in total. The second kappa shape index (κ2) is 5.61. The summed E-state index contributed by atoms with van der Waals surface area (Å²) in [6.07, 6.45) is 0. The Morgan fingerprint density at radius 2 is 2.00 bits per heavy atom. The first-order valence-electron chi connectivity index (χ1n) is 4.73. The van der Waals surface area contributed by atoms with Crippen molar-refractivity contribution in [2.45, 2.75) is 17.9 Å². The first kappa shape index (κ1) is 14.1. The summed E-state index contributed by atoms with van der Waals surface area (Å²) >= 11 is 3.14. The van der Waals surface area contributed by atoms with Gasteiger partial charge in [-0.05, 0) is 35.0 Å². The summed E-state index contributed by atoms with van der Waals surface area (Å²) in [5, 5.41) is 0. The number of carbonyl (C=O) groups is 1. The molecule has 1 rings (SSSR count). The van der Waals surface area contributed by atoms with Gasteiger partial charge in [-0.2, -0.15) is 4.72 Å². The SMILES string of the molecule is COC(=O)[C@H](C)NS(=O)(=O)c1ccccc1Br. The fourth-order valence-electron chi connectivity index (χ4n) is 1.18. The molecule has 0 heterocycles. The fourth-order valence-corrected chi connectivity index (χ4v) is 3.38. The second-order valence-electron chi connectivity index (χ2n) is 3.30. The number of nitrogens with one attached hydrogen (secondary N) is 1. The van der Waals surface area contributed by atoms with Crippen LogP contribution in [0.5, 0.6) is 0 Å². The summed E-state index contributed by atoms with van der Waals surface area (Å²) in [6, 6.07) is 5.42. The van der Waals surface area contributed by atoms with Gasteiger partial charge in [-0.1, -0.05) is 12.1 Å². The predicted octanol–water partition coefficient (Wildman–Crippen LogP) is 1.29. The normalized spacial score (nSPS) is 13.1. The van der Waals surface area contributed by atoms with Crippen LogP contribution >= 0.6 is 15.9 Å². The molecule has 0 aliphatic heterocycles. The van der Waals surface area contributed by atoms with Gasteiger partial charge in [0, 0.05) is 4.47 Å². The largest absolute Gasteiger partial charge is 0.468 e. The first-order chi connectivity index (χ1) is 7.88. The third-order valence-electron chi connectivity index (χ3n) is 2.01. The van der Waals surface area contributed by atoms with Gasteiger partial charge in [-0.15, -0.1) is 0 Å². The predicted molar refractivity (Wildman–Crippen MR) is 65.9 cm³/mol. The van der Waals surface area contributed by atoms with Crippen LogP contribution in [0.15, 0.2) is 33.6 Å². The minimum atomic E-state index is -3.74. The minimum Gasteiger partial charge on any atom is -0.468 e. The fraction of sp³-hybridized carbons (Fsp3) is 0.300. The average Bonchev–Trinajstić information content (AvgIpc) is 2.27. The molecule has 0 saturated heterocycles. The Labute approximate surface area is 108 Å². The van der Waals surface area contributed by atoms with Crippen LogP contribution in [-0.2, 0) is 19.6 Å². The molecule has 7 heteroatoms. The number of rotatable bonds is 4. The number of halogens is 1. The highest BCUT2D eigenvalue weighted by Gasteiger charge is 2.23. The molecule has 1 aromatic carbocycles. The molecule has 0 amide bonds. The maximum Gasteiger partial charge on any atom is 0.323 e. The third kappa shape index (κ3) is 3.52. The summed E-state index contributed by atoms with van der Waals surface area (Å²) in [5.74, 6) is -0.638. The van der Waals surface area contributed by atoms with E-state index in [4.69, 9.17) is 0 Å². The molecule has 0 spiro atoms. The molecule has 0 aliphatic rings. The molecule has 0 unspecified atom stereocenters. The van der Waals surface area contributed by atoms with Gasteiger partial charge >= 0.3 is 5.97 Å². The maximum atomic E-state index is 11.9. The van der Waals surface area contributed by atoms with E-state index in [1.165, 1.54) is 20.1 Å². The van der Waals surface area contributed by atoms with Crippen LogP contribution in [0.4, 0.5) is 0 Å². The van der Waals surface area contributed by atoms with Crippen LogP contribution in [0.2, 0.25) is 0 Å². The Bertz CT molecular complexity index is 515. The lowest BCUT2D eigenvalue weighted by molar-refractivity contribution is -0.142. The van der Waals surface area contributed by atoms with Crippen LogP contribution in [0, 0.1) is 0 Å². The van der Waals surface area contributed by atoms with Crippen molar-refractivity contribution < 1.29 is 17.9 Å². The van der Waals surface area contributed by atoms with Gasteiger partial charge < -0.3 is 4.74 Å². The molecule has 94 valence electrons. The molecule has 1 N–H and O–H groups in total. The van der Waals surface area contributed by atoms with Crippen LogP contribution in [0.1, 0.15) is 6.92 Å². The van der Waals surface area contributed by atoms with Gasteiger partial charge in [0.1, 0.15) is 6.04 Å². The molecular weight excluding hydrogens is 310 g/mol. The lowest BCUT2D eigenvalue weighted by atomic mass is 10.4. The quantitative estimate of drug-likeness (QED) is 0.848. The van der Waals surface area contributed by atoms with Gasteiger partial charge in [0.25, 0.3) is 0 Å². The lowest BCUT2D eigenvalue weighted by Crippen LogP contribution is -2.39. The van der Waals surface area contributed by atoms with Crippen LogP contribution in [-0.4, -0.2) is 27.5 Å². The van der Waals surface area contributed by atoms with Gasteiger partial charge in [0.05, 0.1) is 12.0 Å². The minimum absolute atomic E-state index is 0.0794. The van der Waals surface area contributed by atoms with Crippen LogP contribution in [0.3, 0.4) is 0 Å². The standard InChI is InChI=1S/C10H12BrNO4S/c1-7(10(13)16-2)12-17(14,15)9-6-4-3-5-8(9)11/h3-7,12H,1-2H3/t7-/m0/s1. The van der Waals surface area contributed by atoms with E-state index in [-0.39, 0.29) is 4.90 Å². The molecule has 0 bridgehead atoms. The first-order valence-corrected chi connectivity index (χ1v) is 7.01. The number of sulfonamides is 1. The zero-order valence-electron chi connectivity index (χ0n) is 9.31. The highest BCUT2D eigenvalue weighted by atomic mass is 79.9. The van der Waals surface area contributed by atoms with E-state index in [1.807, 2.05) is 0 Å². The van der Waals surface area contributed by atoms with Crippen molar-refractivity contribution in [3.63, 3.8) is 0 Å². The Hall–Kier alpha value is -0.920. The monoisotopic (exact) mass is 321 g/mol. The number of methoxy groups -OCH3 is 1. The van der Waals surface area contributed by atoms with Crippen molar-refractivity contribution in [1.29, 1.82) is 0 Å². The molecule has 0 saturated carbocycles. The molecule has 0 fully saturated rings. The third-order valence-corrected chi connectivity index (χ3v) is 4.57. The Balaban J connectivity index is 2.98. The highest BCUT2D eigenvalue weighted by molar-refractivity contribution is 9.10. The van der Waals surface area contributed by atoms with Crippen molar-refractivity contribution in [3.05, 3.63) is 28.7 Å². The molecule has 1 aromatic rings. The smallest absolute Gasteiger partial charge is 0.323 e. The second-order valence-corrected chi connectivity index (χ2v) is 5.83. The molecule has 0 aromatic heterocycles. The molecule has 0 aliphatic carbocycles. The van der Waals surface area contributed by atoms with E-state index >= 15 is 0 Å². The van der Waals surface area contributed by atoms with Crippen molar-refractivity contribution in [1.82, 2.24) is 4.72 Å². The van der Waals surface area contributed by atoms with E-state index in [0.717, 1.165) is 0 Å². The number of hydrogen-bond acceptors (Lipinski definition) is 4. The van der Waals surface area contributed by atoms with Gasteiger partial charge in [-0.25, -0.2) is 8.42 Å². The van der Waals surface area contributed by atoms with E-state index in [1.54, 1.807) is 18.2 Å². The molecule has 0 radical (unpaired) electrons. The zero-order valence-corrected chi connectivity index (χ0v) is 11.7. The van der Waals surface area contributed by atoms with E-state index < -0.39 is 22.0 Å². The summed E-state index contributed by atoms with van der Waals surface area (Å²) < 4.78 is 31.0. The van der Waals surface area contributed by atoms with Gasteiger partial charge in [0.2, 0.25) is 10.0 Å². The summed E-state index contributed by atoms with van der Waals surface area (Å²) in [7, 11) is -2.54. The summed E-state index contributed by atoms with van der Waals surface area (Å²) in [6.45, 7) is 1.42. The Kier molecular flexibility index (Phi) is 4.67. The van der Waals surface area contributed by atoms with Gasteiger partial charge in [0.15, 0.2) is 0 Å². The Morgan fingerprint density at radius 3 is 2.53 bits per heavy atom.